The molecule has 7 nitrogen and oxygen atoms in total. The summed E-state index contributed by atoms with van der Waals surface area (Å²) in [4.78, 5) is 40.3. The number of carboxylic acid groups (broad SMARTS) is 1. The van der Waals surface area contributed by atoms with Crippen LogP contribution < -0.4 is 5.32 Å². The van der Waals surface area contributed by atoms with E-state index in [0.717, 1.165) is 21.3 Å². The Kier molecular flexibility index (Phi) is 4.98. The number of piperidine rings is 1. The van der Waals surface area contributed by atoms with Gasteiger partial charge >= 0.3 is 6.09 Å². The molecule has 2 aromatic heterocycles. The first-order valence-electron chi connectivity index (χ1n) is 10.1. The zero-order valence-electron chi connectivity index (χ0n) is 16.5. The molecule has 1 saturated heterocycles. The predicted octanol–water partition coefficient (Wildman–Crippen LogP) is 3.73. The molecule has 9 heteroatoms. The van der Waals surface area contributed by atoms with Crippen molar-refractivity contribution in [1.29, 1.82) is 0 Å². The van der Waals surface area contributed by atoms with Crippen LogP contribution in [0.4, 0.5) is 4.79 Å². The molecule has 1 aliphatic heterocycles. The molecule has 3 atom stereocenters. The zero-order valence-corrected chi connectivity index (χ0v) is 18.0. The number of fused-ring (bicyclic) bond motifs is 2. The molecule has 5 rings (SSSR count). The van der Waals surface area contributed by atoms with Crippen molar-refractivity contribution in [2.24, 2.45) is 5.92 Å². The molecule has 0 spiro atoms. The normalized spacial score (nSPS) is 21.8. The first kappa shape index (κ1) is 20.1. The van der Waals surface area contributed by atoms with Gasteiger partial charge in [0.25, 0.3) is 0 Å². The van der Waals surface area contributed by atoms with E-state index in [1.807, 2.05) is 18.2 Å². The molecule has 31 heavy (non-hydrogen) atoms. The summed E-state index contributed by atoms with van der Waals surface area (Å²) in [6.45, 7) is 0.385. The van der Waals surface area contributed by atoms with E-state index >= 15 is 0 Å². The molecule has 0 unspecified atom stereocenters. The molecular weight excluding hydrogens is 438 g/mol. The number of carbonyl (C=O) groups is 3. The molecule has 0 bridgehead atoms. The Morgan fingerprint density at radius 1 is 1.16 bits per heavy atom. The number of halogens is 1. The highest BCUT2D eigenvalue weighted by Gasteiger charge is 2.55. The summed E-state index contributed by atoms with van der Waals surface area (Å²) < 4.78 is 1.81. The molecule has 1 aliphatic carbocycles. The average Bonchev–Trinajstić information content (AvgIpc) is 3.08. The number of carbonyl (C=O) groups excluding carboxylic acids is 2. The van der Waals surface area contributed by atoms with Crippen LogP contribution in [0.15, 0.2) is 42.6 Å². The number of rotatable bonds is 5. The highest BCUT2D eigenvalue weighted by atomic mass is 35.5. The van der Waals surface area contributed by atoms with Crippen molar-refractivity contribution in [3.63, 3.8) is 0 Å². The van der Waals surface area contributed by atoms with Gasteiger partial charge in [0.15, 0.2) is 0 Å². The zero-order chi connectivity index (χ0) is 21.7. The van der Waals surface area contributed by atoms with Crippen LogP contribution in [0.5, 0.6) is 0 Å². The molecule has 2 aliphatic rings. The second-order valence-corrected chi connectivity index (χ2v) is 9.84. The molecule has 1 saturated carbocycles. The van der Waals surface area contributed by atoms with E-state index in [1.165, 1.54) is 17.5 Å². The number of thiophene rings is 1. The van der Waals surface area contributed by atoms with Crippen molar-refractivity contribution in [2.75, 3.05) is 0 Å². The molecule has 2 N–H and O–H groups in total. The van der Waals surface area contributed by atoms with Gasteiger partial charge in [0.2, 0.25) is 11.8 Å². The molecule has 3 aromatic rings. The SMILES string of the molecule is O=C(NCc1ccc(Cl)s1)[C@@H]1C[C@H]2C[C@H]2N1C(=O)Cc1cn(C(=O)O)c2ccccc12. The Hall–Kier alpha value is -2.84. The van der Waals surface area contributed by atoms with Crippen LogP contribution in [0.1, 0.15) is 23.3 Å². The molecule has 0 radical (unpaired) electrons. The molecule has 2 fully saturated rings. The molecular formula is C22H20ClN3O4S. The van der Waals surface area contributed by atoms with E-state index in [1.54, 1.807) is 23.1 Å². The van der Waals surface area contributed by atoms with Gasteiger partial charge in [-0.05, 0) is 42.5 Å². The Labute approximate surface area is 187 Å². The van der Waals surface area contributed by atoms with Crippen molar-refractivity contribution >= 4 is 51.7 Å². The third-order valence-electron chi connectivity index (χ3n) is 6.10. The fraction of sp³-hybridized carbons (Fsp3) is 0.318. The lowest BCUT2D eigenvalue weighted by atomic mass is 10.1. The number of nitrogens with one attached hydrogen (secondary N) is 1. The Morgan fingerprint density at radius 2 is 1.97 bits per heavy atom. The largest absolute Gasteiger partial charge is 0.464 e. The number of hydrogen-bond acceptors (Lipinski definition) is 4. The van der Waals surface area contributed by atoms with Gasteiger partial charge in [0, 0.05) is 22.5 Å². The Balaban J connectivity index is 1.33. The van der Waals surface area contributed by atoms with Crippen molar-refractivity contribution in [3.8, 4) is 0 Å². The van der Waals surface area contributed by atoms with Crippen LogP contribution in [0, 0.1) is 5.92 Å². The number of benzene rings is 1. The maximum atomic E-state index is 13.2. The third-order valence-corrected chi connectivity index (χ3v) is 7.33. The fourth-order valence-corrected chi connectivity index (χ4v) is 5.62. The third kappa shape index (κ3) is 3.70. The van der Waals surface area contributed by atoms with Gasteiger partial charge in [-0.3, -0.25) is 14.2 Å². The van der Waals surface area contributed by atoms with Crippen LogP contribution in [-0.2, 0) is 22.6 Å². The number of amides is 2. The van der Waals surface area contributed by atoms with Gasteiger partial charge in [-0.15, -0.1) is 11.3 Å². The average molecular weight is 458 g/mol. The molecule has 1 aromatic carbocycles. The van der Waals surface area contributed by atoms with Gasteiger partial charge in [-0.2, -0.15) is 0 Å². The first-order valence-corrected chi connectivity index (χ1v) is 11.3. The van der Waals surface area contributed by atoms with Crippen molar-refractivity contribution in [1.82, 2.24) is 14.8 Å². The van der Waals surface area contributed by atoms with Crippen LogP contribution in [0.25, 0.3) is 10.9 Å². The van der Waals surface area contributed by atoms with Crippen LogP contribution in [0.3, 0.4) is 0 Å². The van der Waals surface area contributed by atoms with Gasteiger partial charge in [0.05, 0.1) is 22.8 Å². The van der Waals surface area contributed by atoms with E-state index < -0.39 is 12.1 Å². The standard InChI is InChI=1S/C22H20ClN3O4S/c23-19-6-5-14(31-19)10-24-21(28)18-8-12-7-17(12)26(18)20(27)9-13-11-25(22(29)30)16-4-2-1-3-15(13)16/h1-6,11-12,17-18H,7-10H2,(H,24,28)(H,29,30)/t12-,17-,18+/m1/s1. The van der Waals surface area contributed by atoms with Crippen molar-refractivity contribution < 1.29 is 19.5 Å². The summed E-state index contributed by atoms with van der Waals surface area (Å²) in [5, 5.41) is 13.1. The number of aromatic nitrogens is 1. The lowest BCUT2D eigenvalue weighted by Gasteiger charge is -2.27. The van der Waals surface area contributed by atoms with E-state index in [0.29, 0.717) is 34.3 Å². The maximum Gasteiger partial charge on any atom is 0.416 e. The first-order chi connectivity index (χ1) is 14.9. The summed E-state index contributed by atoms with van der Waals surface area (Å²) in [6, 6.07) is 10.4. The highest BCUT2D eigenvalue weighted by Crippen LogP contribution is 2.48. The summed E-state index contributed by atoms with van der Waals surface area (Å²) in [5.41, 5.74) is 1.20. The number of hydrogen-bond donors (Lipinski definition) is 2. The van der Waals surface area contributed by atoms with Crippen LogP contribution >= 0.6 is 22.9 Å². The highest BCUT2D eigenvalue weighted by molar-refractivity contribution is 7.16. The summed E-state index contributed by atoms with van der Waals surface area (Å²) in [6.07, 6.45) is 2.07. The van der Waals surface area contributed by atoms with Gasteiger partial charge in [0.1, 0.15) is 6.04 Å². The second kappa shape index (κ2) is 7.69. The molecule has 160 valence electrons. The number of nitrogens with zero attached hydrogens (tertiary/aromatic N) is 2. The molecule has 2 amide bonds. The topological polar surface area (TPSA) is 91.6 Å². The maximum absolute atomic E-state index is 13.2. The quantitative estimate of drug-likeness (QED) is 0.610. The summed E-state index contributed by atoms with van der Waals surface area (Å²) in [7, 11) is 0. The smallest absolute Gasteiger partial charge is 0.416 e. The van der Waals surface area contributed by atoms with Crippen molar-refractivity contribution in [2.45, 2.75) is 37.9 Å². The number of likely N-dealkylation sites (tertiary alicyclic amines) is 1. The van der Waals surface area contributed by atoms with Gasteiger partial charge in [-0.25, -0.2) is 4.79 Å². The minimum Gasteiger partial charge on any atom is -0.464 e. The summed E-state index contributed by atoms with van der Waals surface area (Å²) >= 11 is 7.36. The van der Waals surface area contributed by atoms with Gasteiger partial charge in [-0.1, -0.05) is 29.8 Å². The van der Waals surface area contributed by atoms with Crippen LogP contribution in [0.2, 0.25) is 4.34 Å². The van der Waals surface area contributed by atoms with Gasteiger partial charge < -0.3 is 15.3 Å². The molecule has 3 heterocycles. The van der Waals surface area contributed by atoms with Crippen LogP contribution in [-0.4, -0.2) is 44.6 Å². The van der Waals surface area contributed by atoms with E-state index in [4.69, 9.17) is 11.6 Å². The lowest BCUT2D eigenvalue weighted by Crippen LogP contribution is -2.48. The van der Waals surface area contributed by atoms with Crippen molar-refractivity contribution in [3.05, 3.63) is 57.4 Å². The minimum absolute atomic E-state index is 0.0638. The summed E-state index contributed by atoms with van der Waals surface area (Å²) in [5.74, 6) is 0.0758. The van der Waals surface area contributed by atoms with E-state index in [9.17, 15) is 19.5 Å². The number of para-hydroxylation sites is 1. The fourth-order valence-electron chi connectivity index (χ4n) is 4.59. The Morgan fingerprint density at radius 3 is 2.71 bits per heavy atom. The predicted molar refractivity (Wildman–Crippen MR) is 117 cm³/mol. The lowest BCUT2D eigenvalue weighted by molar-refractivity contribution is -0.139. The van der Waals surface area contributed by atoms with E-state index in [-0.39, 0.29) is 24.3 Å². The minimum atomic E-state index is -1.09. The second-order valence-electron chi connectivity index (χ2n) is 8.04. The Bertz CT molecular complexity index is 1200. The monoisotopic (exact) mass is 457 g/mol. The van der Waals surface area contributed by atoms with E-state index in [2.05, 4.69) is 5.32 Å².